The van der Waals surface area contributed by atoms with E-state index in [0.717, 1.165) is 0 Å². The third-order valence-corrected chi connectivity index (χ3v) is 2.44. The normalized spacial score (nSPS) is 10.0. The molecule has 0 N–H and O–H groups in total. The van der Waals surface area contributed by atoms with Gasteiger partial charge in [0.05, 0.1) is 5.56 Å². The second-order valence-electron chi connectivity index (χ2n) is 3.74. The van der Waals surface area contributed by atoms with E-state index in [1.165, 1.54) is 26.0 Å². The Morgan fingerprint density at radius 3 is 2.19 bits per heavy atom. The smallest absolute Gasteiger partial charge is 0.162 e. The number of carbonyl (C=O) groups is 2. The summed E-state index contributed by atoms with van der Waals surface area (Å²) in [4.78, 5) is 22.2. The van der Waals surface area contributed by atoms with Crippen LogP contribution in [-0.4, -0.2) is 11.6 Å². The summed E-state index contributed by atoms with van der Waals surface area (Å²) >= 11 is 0. The summed E-state index contributed by atoms with van der Waals surface area (Å²) in [6.45, 7) is 7.99. The lowest BCUT2D eigenvalue weighted by atomic mass is 9.96. The molecule has 0 unspecified atom stereocenters. The van der Waals surface area contributed by atoms with Gasteiger partial charge in [0.1, 0.15) is 5.82 Å². The van der Waals surface area contributed by atoms with Crippen molar-refractivity contribution < 1.29 is 14.0 Å². The molecule has 84 valence electrons. The summed E-state index contributed by atoms with van der Waals surface area (Å²) in [5, 5.41) is 0. The summed E-state index contributed by atoms with van der Waals surface area (Å²) in [5.41, 5.74) is 1.42. The monoisotopic (exact) mass is 220 g/mol. The van der Waals surface area contributed by atoms with Crippen LogP contribution in [0, 0.1) is 12.7 Å². The van der Waals surface area contributed by atoms with E-state index < -0.39 is 5.82 Å². The number of aryl methyl sites for hydroxylation is 1. The highest BCUT2D eigenvalue weighted by Crippen LogP contribution is 2.22. The van der Waals surface area contributed by atoms with Crippen LogP contribution in [0.15, 0.2) is 18.7 Å². The zero-order chi connectivity index (χ0) is 12.5. The molecule has 0 aliphatic heterocycles. The molecular formula is C13H13FO2. The molecule has 1 aromatic rings. The van der Waals surface area contributed by atoms with Gasteiger partial charge in [0.2, 0.25) is 0 Å². The number of Topliss-reactive ketones (excluding diaryl/α,β-unsaturated/α-hetero) is 2. The van der Waals surface area contributed by atoms with Crippen molar-refractivity contribution in [3.05, 3.63) is 41.2 Å². The molecule has 0 saturated carbocycles. The Balaban J connectivity index is 3.36. The van der Waals surface area contributed by atoms with Crippen LogP contribution in [0.25, 0.3) is 5.57 Å². The van der Waals surface area contributed by atoms with Gasteiger partial charge in [0, 0.05) is 5.57 Å². The van der Waals surface area contributed by atoms with Crippen molar-refractivity contribution in [3.63, 3.8) is 0 Å². The number of halogens is 1. The van der Waals surface area contributed by atoms with E-state index in [2.05, 4.69) is 6.58 Å². The summed E-state index contributed by atoms with van der Waals surface area (Å²) in [6, 6.07) is 2.64. The van der Waals surface area contributed by atoms with Gasteiger partial charge < -0.3 is 0 Å². The summed E-state index contributed by atoms with van der Waals surface area (Å²) in [7, 11) is 0. The van der Waals surface area contributed by atoms with Crippen LogP contribution in [0.4, 0.5) is 4.39 Å². The maximum Gasteiger partial charge on any atom is 0.162 e. The first kappa shape index (κ1) is 12.3. The van der Waals surface area contributed by atoms with Gasteiger partial charge in [0.25, 0.3) is 0 Å². The lowest BCUT2D eigenvalue weighted by Crippen LogP contribution is -2.03. The maximum atomic E-state index is 13.5. The molecule has 0 aromatic heterocycles. The molecule has 0 bridgehead atoms. The summed E-state index contributed by atoms with van der Waals surface area (Å²) in [6.07, 6.45) is 0. The molecule has 0 heterocycles. The first-order valence-corrected chi connectivity index (χ1v) is 4.86. The van der Waals surface area contributed by atoms with Crippen LogP contribution in [-0.2, 0) is 4.79 Å². The van der Waals surface area contributed by atoms with E-state index in [-0.39, 0.29) is 22.7 Å². The molecule has 3 heteroatoms. The third-order valence-electron chi connectivity index (χ3n) is 2.44. The molecule has 0 fully saturated rings. The number of ketones is 2. The Bertz CT molecular complexity index is 487. The summed E-state index contributed by atoms with van der Waals surface area (Å²) < 4.78 is 13.5. The number of carbonyl (C=O) groups excluding carboxylic acids is 2. The molecule has 0 saturated heterocycles. The fraction of sp³-hybridized carbons (Fsp3) is 0.231. The van der Waals surface area contributed by atoms with Crippen molar-refractivity contribution in [2.75, 3.05) is 0 Å². The first-order valence-electron chi connectivity index (χ1n) is 4.86. The van der Waals surface area contributed by atoms with Crippen LogP contribution < -0.4 is 0 Å². The van der Waals surface area contributed by atoms with Crippen molar-refractivity contribution in [2.24, 2.45) is 0 Å². The van der Waals surface area contributed by atoms with Crippen LogP contribution >= 0.6 is 0 Å². The van der Waals surface area contributed by atoms with Crippen LogP contribution in [0.5, 0.6) is 0 Å². The molecule has 16 heavy (non-hydrogen) atoms. The van der Waals surface area contributed by atoms with Gasteiger partial charge in [0.15, 0.2) is 11.6 Å². The fourth-order valence-corrected chi connectivity index (χ4v) is 1.47. The Labute approximate surface area is 93.8 Å². The molecule has 1 aromatic carbocycles. The van der Waals surface area contributed by atoms with E-state index in [1.54, 1.807) is 6.92 Å². The molecule has 2 nitrogen and oxygen atoms in total. The Hall–Kier alpha value is -1.77. The predicted molar refractivity (Wildman–Crippen MR) is 60.9 cm³/mol. The quantitative estimate of drug-likeness (QED) is 0.579. The zero-order valence-corrected chi connectivity index (χ0v) is 9.56. The highest BCUT2D eigenvalue weighted by atomic mass is 19.1. The minimum Gasteiger partial charge on any atom is -0.295 e. The standard InChI is InChI=1S/C13H13FO2/c1-7-5-12(10(4)16)13(14)6-11(7)8(2)9(3)15/h5-6H,2H2,1,3-4H3. The van der Waals surface area contributed by atoms with Crippen molar-refractivity contribution in [1.29, 1.82) is 0 Å². The fourth-order valence-electron chi connectivity index (χ4n) is 1.47. The first-order chi connectivity index (χ1) is 7.34. The number of allylic oxidation sites excluding steroid dienone is 1. The number of hydrogen-bond donors (Lipinski definition) is 0. The van der Waals surface area contributed by atoms with Gasteiger partial charge in [-0.15, -0.1) is 0 Å². The molecule has 0 aliphatic rings. The van der Waals surface area contributed by atoms with Crippen molar-refractivity contribution in [3.8, 4) is 0 Å². The van der Waals surface area contributed by atoms with Gasteiger partial charge >= 0.3 is 0 Å². The van der Waals surface area contributed by atoms with E-state index >= 15 is 0 Å². The van der Waals surface area contributed by atoms with E-state index in [1.807, 2.05) is 0 Å². The second kappa shape index (κ2) is 4.39. The Morgan fingerprint density at radius 1 is 1.19 bits per heavy atom. The lowest BCUT2D eigenvalue weighted by molar-refractivity contribution is -0.111. The topological polar surface area (TPSA) is 34.1 Å². The van der Waals surface area contributed by atoms with Gasteiger partial charge in [-0.3, -0.25) is 9.59 Å². The molecule has 0 aliphatic carbocycles. The second-order valence-corrected chi connectivity index (χ2v) is 3.74. The van der Waals surface area contributed by atoms with Gasteiger partial charge in [-0.1, -0.05) is 6.58 Å². The SMILES string of the molecule is C=C(C(C)=O)c1cc(F)c(C(C)=O)cc1C. The number of hydrogen-bond acceptors (Lipinski definition) is 2. The minimum atomic E-state index is -0.615. The van der Waals surface area contributed by atoms with Crippen molar-refractivity contribution in [1.82, 2.24) is 0 Å². The Morgan fingerprint density at radius 2 is 1.75 bits per heavy atom. The predicted octanol–water partition coefficient (Wildman–Crippen LogP) is 2.94. The molecule has 0 atom stereocenters. The minimum absolute atomic E-state index is 0.0394. The van der Waals surface area contributed by atoms with E-state index in [0.29, 0.717) is 11.1 Å². The van der Waals surface area contributed by atoms with E-state index in [4.69, 9.17) is 0 Å². The average molecular weight is 220 g/mol. The Kier molecular flexibility index (Phi) is 3.38. The van der Waals surface area contributed by atoms with Crippen molar-refractivity contribution >= 4 is 17.1 Å². The van der Waals surface area contributed by atoms with Crippen LogP contribution in [0.3, 0.4) is 0 Å². The van der Waals surface area contributed by atoms with E-state index in [9.17, 15) is 14.0 Å². The molecule has 0 spiro atoms. The van der Waals surface area contributed by atoms with Crippen molar-refractivity contribution in [2.45, 2.75) is 20.8 Å². The van der Waals surface area contributed by atoms with Crippen LogP contribution in [0.1, 0.15) is 35.3 Å². The zero-order valence-electron chi connectivity index (χ0n) is 9.56. The molecular weight excluding hydrogens is 207 g/mol. The summed E-state index contributed by atoms with van der Waals surface area (Å²) in [5.74, 6) is -1.16. The van der Waals surface area contributed by atoms with Crippen LogP contribution in [0.2, 0.25) is 0 Å². The highest BCUT2D eigenvalue weighted by Gasteiger charge is 2.14. The third kappa shape index (κ3) is 2.24. The number of benzene rings is 1. The molecule has 1 rings (SSSR count). The molecule has 0 amide bonds. The molecule has 0 radical (unpaired) electrons. The van der Waals surface area contributed by atoms with Gasteiger partial charge in [-0.05, 0) is 44.0 Å². The average Bonchev–Trinajstić information content (AvgIpc) is 2.19. The maximum absolute atomic E-state index is 13.5. The van der Waals surface area contributed by atoms with Gasteiger partial charge in [-0.25, -0.2) is 4.39 Å². The van der Waals surface area contributed by atoms with Gasteiger partial charge in [-0.2, -0.15) is 0 Å². The number of rotatable bonds is 3. The lowest BCUT2D eigenvalue weighted by Gasteiger charge is -2.09. The largest absolute Gasteiger partial charge is 0.295 e. The highest BCUT2D eigenvalue weighted by molar-refractivity contribution is 6.19.